The van der Waals surface area contributed by atoms with E-state index in [1.807, 2.05) is 6.20 Å². The van der Waals surface area contributed by atoms with E-state index in [0.29, 0.717) is 0 Å². The Kier molecular flexibility index (Phi) is 6.69. The molecule has 1 saturated heterocycles. The van der Waals surface area contributed by atoms with Gasteiger partial charge in [0, 0.05) is 13.1 Å². The van der Waals surface area contributed by atoms with E-state index >= 15 is 0 Å². The highest BCUT2D eigenvalue weighted by atomic mass is 16.4. The molecule has 0 aromatic heterocycles. The molecule has 0 bridgehead atoms. The summed E-state index contributed by atoms with van der Waals surface area (Å²) in [6.45, 7) is 9.34. The first-order valence-corrected chi connectivity index (χ1v) is 4.40. The lowest BCUT2D eigenvalue weighted by molar-refractivity contribution is -0.135. The van der Waals surface area contributed by atoms with Crippen LogP contribution in [0.3, 0.4) is 0 Å². The summed E-state index contributed by atoms with van der Waals surface area (Å²) >= 11 is 0. The Morgan fingerprint density at radius 3 is 2.08 bits per heavy atom. The fourth-order valence-corrected chi connectivity index (χ4v) is 1.05. The van der Waals surface area contributed by atoms with Gasteiger partial charge in [0.1, 0.15) is 0 Å². The number of rotatable bonds is 3. The summed E-state index contributed by atoms with van der Waals surface area (Å²) in [7, 11) is 0. The average molecular weight is 183 g/mol. The maximum Gasteiger partial charge on any atom is 0.307 e. The van der Waals surface area contributed by atoms with Crippen LogP contribution >= 0.6 is 0 Å². The Labute approximate surface area is 79.4 Å². The molecule has 0 aromatic carbocycles. The second kappa shape index (κ2) is 7.40. The minimum absolute atomic E-state index is 0.0556. The SMILES string of the molecule is C=CCC(=O)O.C=CN1CCCC1. The van der Waals surface area contributed by atoms with Crippen LogP contribution < -0.4 is 0 Å². The molecule has 0 aliphatic carbocycles. The molecule has 3 heteroatoms. The number of carboxylic acids is 1. The molecule has 1 aliphatic rings. The van der Waals surface area contributed by atoms with Crippen LogP contribution in [0.5, 0.6) is 0 Å². The molecule has 1 heterocycles. The minimum Gasteiger partial charge on any atom is -0.481 e. The van der Waals surface area contributed by atoms with Crippen LogP contribution in [0, 0.1) is 0 Å². The molecule has 1 aliphatic heterocycles. The Morgan fingerprint density at radius 1 is 1.38 bits per heavy atom. The summed E-state index contributed by atoms with van der Waals surface area (Å²) in [6, 6.07) is 0. The first kappa shape index (κ1) is 11.8. The Bertz CT molecular complexity index is 172. The van der Waals surface area contributed by atoms with E-state index in [1.165, 1.54) is 32.0 Å². The van der Waals surface area contributed by atoms with Crippen molar-refractivity contribution in [2.24, 2.45) is 0 Å². The van der Waals surface area contributed by atoms with Crippen molar-refractivity contribution in [2.45, 2.75) is 19.3 Å². The monoisotopic (exact) mass is 183 g/mol. The van der Waals surface area contributed by atoms with Crippen molar-refractivity contribution >= 4 is 5.97 Å². The van der Waals surface area contributed by atoms with Crippen LogP contribution in [0.1, 0.15) is 19.3 Å². The number of aliphatic carboxylic acids is 1. The summed E-state index contributed by atoms with van der Waals surface area (Å²) < 4.78 is 0. The normalized spacial score (nSPS) is 14.3. The first-order valence-electron chi connectivity index (χ1n) is 4.40. The molecule has 0 unspecified atom stereocenters. The number of carbonyl (C=O) groups is 1. The molecule has 1 fully saturated rings. The van der Waals surface area contributed by atoms with E-state index in [1.54, 1.807) is 0 Å². The van der Waals surface area contributed by atoms with E-state index in [0.717, 1.165) is 0 Å². The topological polar surface area (TPSA) is 40.5 Å². The molecule has 0 atom stereocenters. The molecule has 13 heavy (non-hydrogen) atoms. The lowest BCUT2D eigenvalue weighted by atomic mass is 10.4. The quantitative estimate of drug-likeness (QED) is 0.679. The van der Waals surface area contributed by atoms with E-state index in [4.69, 9.17) is 5.11 Å². The van der Waals surface area contributed by atoms with Crippen molar-refractivity contribution in [1.82, 2.24) is 4.90 Å². The van der Waals surface area contributed by atoms with Crippen molar-refractivity contribution in [3.05, 3.63) is 25.4 Å². The number of carboxylic acid groups (broad SMARTS) is 1. The predicted octanol–water partition coefficient (Wildman–Crippen LogP) is 1.87. The molecular formula is C10H17NO2. The highest BCUT2D eigenvalue weighted by molar-refractivity contribution is 5.68. The van der Waals surface area contributed by atoms with E-state index in [-0.39, 0.29) is 6.42 Å². The van der Waals surface area contributed by atoms with Crippen molar-refractivity contribution in [2.75, 3.05) is 13.1 Å². The van der Waals surface area contributed by atoms with E-state index in [9.17, 15) is 4.79 Å². The van der Waals surface area contributed by atoms with Gasteiger partial charge in [0.05, 0.1) is 6.42 Å². The van der Waals surface area contributed by atoms with Gasteiger partial charge in [-0.15, -0.1) is 6.58 Å². The molecule has 3 nitrogen and oxygen atoms in total. The summed E-state index contributed by atoms with van der Waals surface area (Å²) in [5.41, 5.74) is 0. The van der Waals surface area contributed by atoms with Gasteiger partial charge in [-0.3, -0.25) is 4.79 Å². The molecule has 0 spiro atoms. The number of nitrogens with zero attached hydrogens (tertiary/aromatic N) is 1. The second-order valence-electron chi connectivity index (χ2n) is 2.81. The van der Waals surface area contributed by atoms with Gasteiger partial charge < -0.3 is 10.0 Å². The summed E-state index contributed by atoms with van der Waals surface area (Å²) in [4.78, 5) is 11.8. The molecule has 1 N–H and O–H groups in total. The van der Waals surface area contributed by atoms with Gasteiger partial charge in [0.2, 0.25) is 0 Å². The van der Waals surface area contributed by atoms with Crippen molar-refractivity contribution in [1.29, 1.82) is 0 Å². The molecule has 1 rings (SSSR count). The first-order chi connectivity index (χ1) is 6.20. The van der Waals surface area contributed by atoms with E-state index in [2.05, 4.69) is 18.1 Å². The maximum atomic E-state index is 9.53. The van der Waals surface area contributed by atoms with Gasteiger partial charge >= 0.3 is 5.97 Å². The lowest BCUT2D eigenvalue weighted by Crippen LogP contribution is -2.08. The zero-order valence-corrected chi connectivity index (χ0v) is 7.91. The number of hydrogen-bond donors (Lipinski definition) is 1. The largest absolute Gasteiger partial charge is 0.481 e. The van der Waals surface area contributed by atoms with Crippen LogP contribution in [0.4, 0.5) is 0 Å². The van der Waals surface area contributed by atoms with Gasteiger partial charge in [0.25, 0.3) is 0 Å². The predicted molar refractivity (Wildman–Crippen MR) is 53.5 cm³/mol. The molecule has 0 amide bonds. The summed E-state index contributed by atoms with van der Waals surface area (Å²) in [5, 5.41) is 7.84. The zero-order valence-electron chi connectivity index (χ0n) is 7.91. The average Bonchev–Trinajstić information content (AvgIpc) is 2.56. The molecule has 74 valence electrons. The fourth-order valence-electron chi connectivity index (χ4n) is 1.05. The molecular weight excluding hydrogens is 166 g/mol. The Hall–Kier alpha value is -1.25. The standard InChI is InChI=1S/C6H11N.C4H6O2/c1-2-7-5-3-4-6-7;1-2-3-4(5)6/h2H,1,3-6H2;2H,1,3H2,(H,5,6). The lowest BCUT2D eigenvalue weighted by Gasteiger charge is -2.07. The van der Waals surface area contributed by atoms with Crippen molar-refractivity contribution in [3.8, 4) is 0 Å². The highest BCUT2D eigenvalue weighted by Crippen LogP contribution is 2.05. The van der Waals surface area contributed by atoms with Gasteiger partial charge in [0.15, 0.2) is 0 Å². The van der Waals surface area contributed by atoms with Crippen LogP contribution in [-0.2, 0) is 4.79 Å². The van der Waals surface area contributed by atoms with Gasteiger partial charge in [-0.1, -0.05) is 12.7 Å². The summed E-state index contributed by atoms with van der Waals surface area (Å²) in [6.07, 6.45) is 6.04. The summed E-state index contributed by atoms with van der Waals surface area (Å²) in [5.74, 6) is -0.829. The second-order valence-corrected chi connectivity index (χ2v) is 2.81. The third-order valence-electron chi connectivity index (χ3n) is 1.72. The van der Waals surface area contributed by atoms with Gasteiger partial charge in [-0.2, -0.15) is 0 Å². The van der Waals surface area contributed by atoms with Crippen LogP contribution in [0.2, 0.25) is 0 Å². The maximum absolute atomic E-state index is 9.53. The molecule has 0 radical (unpaired) electrons. The Balaban J connectivity index is 0.000000226. The minimum atomic E-state index is -0.829. The van der Waals surface area contributed by atoms with Crippen LogP contribution in [-0.4, -0.2) is 29.1 Å². The smallest absolute Gasteiger partial charge is 0.307 e. The molecule has 0 saturated carbocycles. The van der Waals surface area contributed by atoms with Crippen molar-refractivity contribution in [3.63, 3.8) is 0 Å². The van der Waals surface area contributed by atoms with Crippen LogP contribution in [0.25, 0.3) is 0 Å². The van der Waals surface area contributed by atoms with Gasteiger partial charge in [-0.05, 0) is 19.0 Å². The van der Waals surface area contributed by atoms with Gasteiger partial charge in [-0.25, -0.2) is 0 Å². The van der Waals surface area contributed by atoms with E-state index < -0.39 is 5.97 Å². The third kappa shape index (κ3) is 7.12. The van der Waals surface area contributed by atoms with Crippen molar-refractivity contribution < 1.29 is 9.90 Å². The van der Waals surface area contributed by atoms with Crippen LogP contribution in [0.15, 0.2) is 25.4 Å². The number of likely N-dealkylation sites (tertiary alicyclic amines) is 1. The number of hydrogen-bond acceptors (Lipinski definition) is 2. The fraction of sp³-hybridized carbons (Fsp3) is 0.500. The Morgan fingerprint density at radius 2 is 1.92 bits per heavy atom. The third-order valence-corrected chi connectivity index (χ3v) is 1.72. The zero-order chi connectivity index (χ0) is 10.1. The molecule has 0 aromatic rings. The highest BCUT2D eigenvalue weighted by Gasteiger charge is 2.04.